The Morgan fingerprint density at radius 2 is 1.81 bits per heavy atom. The number of fused-ring (bicyclic) bond motifs is 3. The SMILES string of the molecule is C[C@@]1(c2ccc(Cl)cc2)NCCc2[nH]c3ccccc3c21. The molecule has 1 aliphatic rings. The molecule has 0 fully saturated rings. The summed E-state index contributed by atoms with van der Waals surface area (Å²) >= 11 is 6.04. The maximum absolute atomic E-state index is 6.04. The van der Waals surface area contributed by atoms with Crippen LogP contribution in [0.15, 0.2) is 48.5 Å². The Morgan fingerprint density at radius 1 is 1.05 bits per heavy atom. The highest BCUT2D eigenvalue weighted by atomic mass is 35.5. The number of H-pyrrole nitrogens is 1. The molecule has 2 N–H and O–H groups in total. The fourth-order valence-electron chi connectivity index (χ4n) is 3.51. The molecule has 3 heteroatoms. The van der Waals surface area contributed by atoms with Gasteiger partial charge < -0.3 is 10.3 Å². The molecule has 0 aliphatic carbocycles. The Bertz CT molecular complexity index is 804. The maximum Gasteiger partial charge on any atom is 0.0685 e. The lowest BCUT2D eigenvalue weighted by Gasteiger charge is -2.36. The van der Waals surface area contributed by atoms with Gasteiger partial charge in [-0.3, -0.25) is 0 Å². The first-order valence-electron chi connectivity index (χ1n) is 7.29. The van der Waals surface area contributed by atoms with Gasteiger partial charge in [-0.15, -0.1) is 0 Å². The predicted octanol–water partition coefficient (Wildman–Crippen LogP) is 4.23. The number of hydrogen-bond donors (Lipinski definition) is 2. The summed E-state index contributed by atoms with van der Waals surface area (Å²) in [5.41, 5.74) is 4.99. The Balaban J connectivity index is 1.98. The van der Waals surface area contributed by atoms with E-state index in [1.165, 1.54) is 27.7 Å². The van der Waals surface area contributed by atoms with Gasteiger partial charge in [0.25, 0.3) is 0 Å². The molecule has 0 saturated heterocycles. The molecule has 0 radical (unpaired) electrons. The Hall–Kier alpha value is -1.77. The highest BCUT2D eigenvalue weighted by molar-refractivity contribution is 6.30. The molecule has 0 bridgehead atoms. The average Bonchev–Trinajstić information content (AvgIpc) is 2.88. The van der Waals surface area contributed by atoms with Crippen LogP contribution in [0.5, 0.6) is 0 Å². The summed E-state index contributed by atoms with van der Waals surface area (Å²) < 4.78 is 0. The zero-order valence-corrected chi connectivity index (χ0v) is 12.7. The number of nitrogens with one attached hydrogen (secondary N) is 2. The summed E-state index contributed by atoms with van der Waals surface area (Å²) in [5.74, 6) is 0. The minimum atomic E-state index is -0.183. The van der Waals surface area contributed by atoms with E-state index in [1.807, 2.05) is 12.1 Å². The number of rotatable bonds is 1. The molecule has 2 heterocycles. The minimum absolute atomic E-state index is 0.183. The normalized spacial score (nSPS) is 21.4. The molecule has 1 atom stereocenters. The van der Waals surface area contributed by atoms with Gasteiger partial charge in [0.05, 0.1) is 5.54 Å². The Morgan fingerprint density at radius 3 is 2.62 bits per heavy atom. The quantitative estimate of drug-likeness (QED) is 0.691. The third-order valence-corrected chi connectivity index (χ3v) is 4.81. The fourth-order valence-corrected chi connectivity index (χ4v) is 3.64. The zero-order valence-electron chi connectivity index (χ0n) is 11.9. The van der Waals surface area contributed by atoms with Gasteiger partial charge in [0, 0.05) is 40.1 Å². The summed E-state index contributed by atoms with van der Waals surface area (Å²) in [5, 5.41) is 5.78. The molecule has 21 heavy (non-hydrogen) atoms. The largest absolute Gasteiger partial charge is 0.358 e. The summed E-state index contributed by atoms with van der Waals surface area (Å²) in [6.45, 7) is 3.23. The van der Waals surface area contributed by atoms with E-state index >= 15 is 0 Å². The summed E-state index contributed by atoms with van der Waals surface area (Å²) in [4.78, 5) is 3.59. The van der Waals surface area contributed by atoms with Crippen LogP contribution in [0, 0.1) is 0 Å². The van der Waals surface area contributed by atoms with Crippen molar-refractivity contribution in [1.29, 1.82) is 0 Å². The van der Waals surface area contributed by atoms with Crippen LogP contribution in [0.4, 0.5) is 0 Å². The van der Waals surface area contributed by atoms with E-state index in [1.54, 1.807) is 0 Å². The lowest BCUT2D eigenvalue weighted by Crippen LogP contribution is -2.45. The van der Waals surface area contributed by atoms with Crippen molar-refractivity contribution in [2.75, 3.05) is 6.54 Å². The molecule has 0 spiro atoms. The molecule has 0 saturated carbocycles. The van der Waals surface area contributed by atoms with Gasteiger partial charge in [-0.2, -0.15) is 0 Å². The second-order valence-corrected chi connectivity index (χ2v) is 6.27. The number of benzene rings is 2. The lowest BCUT2D eigenvalue weighted by atomic mass is 9.80. The molecule has 106 valence electrons. The van der Waals surface area contributed by atoms with E-state index in [4.69, 9.17) is 11.6 Å². The first kappa shape index (κ1) is 12.9. The van der Waals surface area contributed by atoms with Crippen LogP contribution in [0.3, 0.4) is 0 Å². The number of para-hydroxylation sites is 1. The molecule has 2 nitrogen and oxygen atoms in total. The van der Waals surface area contributed by atoms with Crippen LogP contribution in [0.2, 0.25) is 5.02 Å². The minimum Gasteiger partial charge on any atom is -0.358 e. The number of aromatic amines is 1. The van der Waals surface area contributed by atoms with Crippen molar-refractivity contribution in [2.24, 2.45) is 0 Å². The third-order valence-electron chi connectivity index (χ3n) is 4.56. The molecule has 1 aliphatic heterocycles. The van der Waals surface area contributed by atoms with E-state index in [2.05, 4.69) is 53.6 Å². The number of halogens is 1. The van der Waals surface area contributed by atoms with Crippen LogP contribution >= 0.6 is 11.6 Å². The molecule has 3 aromatic rings. The third kappa shape index (κ3) is 1.90. The molecule has 4 rings (SSSR count). The van der Waals surface area contributed by atoms with Gasteiger partial charge in [0.1, 0.15) is 0 Å². The molecular weight excluding hydrogens is 280 g/mol. The van der Waals surface area contributed by atoms with Gasteiger partial charge in [-0.1, -0.05) is 41.9 Å². The second-order valence-electron chi connectivity index (χ2n) is 5.83. The van der Waals surface area contributed by atoms with Crippen LogP contribution in [-0.2, 0) is 12.0 Å². The van der Waals surface area contributed by atoms with E-state index in [0.717, 1.165) is 18.0 Å². The smallest absolute Gasteiger partial charge is 0.0685 e. The Labute approximate surface area is 129 Å². The summed E-state index contributed by atoms with van der Waals surface area (Å²) in [6, 6.07) is 16.7. The molecule has 0 unspecified atom stereocenters. The monoisotopic (exact) mass is 296 g/mol. The average molecular weight is 297 g/mol. The summed E-state index contributed by atoms with van der Waals surface area (Å²) in [6.07, 6.45) is 1.03. The predicted molar refractivity (Wildman–Crippen MR) is 87.9 cm³/mol. The van der Waals surface area contributed by atoms with Crippen LogP contribution in [0.1, 0.15) is 23.7 Å². The molecule has 1 aromatic heterocycles. The van der Waals surface area contributed by atoms with Crippen molar-refractivity contribution in [3.8, 4) is 0 Å². The van der Waals surface area contributed by atoms with Crippen LogP contribution in [0.25, 0.3) is 10.9 Å². The van der Waals surface area contributed by atoms with Gasteiger partial charge in [-0.25, -0.2) is 0 Å². The van der Waals surface area contributed by atoms with E-state index in [-0.39, 0.29) is 5.54 Å². The highest BCUT2D eigenvalue weighted by Gasteiger charge is 2.36. The molecule has 2 aromatic carbocycles. The van der Waals surface area contributed by atoms with Crippen molar-refractivity contribution in [2.45, 2.75) is 18.9 Å². The first-order valence-corrected chi connectivity index (χ1v) is 7.67. The Kier molecular flexibility index (Phi) is 2.84. The van der Waals surface area contributed by atoms with Gasteiger partial charge in [0.15, 0.2) is 0 Å². The lowest BCUT2D eigenvalue weighted by molar-refractivity contribution is 0.416. The van der Waals surface area contributed by atoms with E-state index in [0.29, 0.717) is 0 Å². The first-order chi connectivity index (χ1) is 10.2. The van der Waals surface area contributed by atoms with Crippen molar-refractivity contribution in [1.82, 2.24) is 10.3 Å². The van der Waals surface area contributed by atoms with Gasteiger partial charge >= 0.3 is 0 Å². The second kappa shape index (κ2) is 4.62. The topological polar surface area (TPSA) is 27.8 Å². The number of aromatic nitrogens is 1. The maximum atomic E-state index is 6.04. The van der Waals surface area contributed by atoms with Crippen LogP contribution < -0.4 is 5.32 Å². The standard InChI is InChI=1S/C18H17ClN2/c1-18(12-6-8-13(19)9-7-12)17-14-4-2-3-5-15(14)21-16(17)10-11-20-18/h2-9,20-21H,10-11H2,1H3/t18-/m0/s1. The fraction of sp³-hybridized carbons (Fsp3) is 0.222. The van der Waals surface area contributed by atoms with Crippen molar-refractivity contribution in [3.63, 3.8) is 0 Å². The zero-order chi connectivity index (χ0) is 14.4. The highest BCUT2D eigenvalue weighted by Crippen LogP contribution is 2.39. The molecular formula is C18H17ClN2. The van der Waals surface area contributed by atoms with Crippen molar-refractivity contribution >= 4 is 22.5 Å². The van der Waals surface area contributed by atoms with E-state index < -0.39 is 0 Å². The van der Waals surface area contributed by atoms with E-state index in [9.17, 15) is 0 Å². The van der Waals surface area contributed by atoms with Gasteiger partial charge in [0.2, 0.25) is 0 Å². The molecule has 0 amide bonds. The van der Waals surface area contributed by atoms with Crippen molar-refractivity contribution < 1.29 is 0 Å². The number of hydrogen-bond acceptors (Lipinski definition) is 1. The van der Waals surface area contributed by atoms with Gasteiger partial charge in [-0.05, 0) is 30.7 Å². The van der Waals surface area contributed by atoms with Crippen molar-refractivity contribution in [3.05, 3.63) is 70.4 Å². The van der Waals surface area contributed by atoms with Crippen LogP contribution in [-0.4, -0.2) is 11.5 Å². The summed E-state index contributed by atoms with van der Waals surface area (Å²) in [7, 11) is 0.